The maximum atomic E-state index is 5.88. The van der Waals surface area contributed by atoms with E-state index < -0.39 is 0 Å². The third-order valence-corrected chi connectivity index (χ3v) is 3.14. The number of nitrogens with one attached hydrogen (secondary N) is 1. The van der Waals surface area contributed by atoms with Crippen molar-refractivity contribution in [3.8, 4) is 5.75 Å². The molecule has 1 atom stereocenters. The van der Waals surface area contributed by atoms with Gasteiger partial charge in [-0.25, -0.2) is 0 Å². The van der Waals surface area contributed by atoms with Crippen LogP contribution in [0.2, 0.25) is 0 Å². The van der Waals surface area contributed by atoms with Gasteiger partial charge in [0.25, 0.3) is 0 Å². The highest BCUT2D eigenvalue weighted by Gasteiger charge is 2.16. The minimum atomic E-state index is 0.135. The van der Waals surface area contributed by atoms with Gasteiger partial charge in [-0.3, -0.25) is 4.98 Å². The highest BCUT2D eigenvalue weighted by molar-refractivity contribution is 5.41. The maximum Gasteiger partial charge on any atom is 0.124 e. The van der Waals surface area contributed by atoms with Crippen LogP contribution in [0.5, 0.6) is 5.75 Å². The third kappa shape index (κ3) is 3.58. The van der Waals surface area contributed by atoms with Crippen molar-refractivity contribution in [3.63, 3.8) is 0 Å². The van der Waals surface area contributed by atoms with Crippen LogP contribution in [0.3, 0.4) is 0 Å². The average Bonchev–Trinajstić information content (AvgIpc) is 2.52. The molecule has 1 N–H and O–H groups in total. The van der Waals surface area contributed by atoms with Crippen LogP contribution in [0.4, 0.5) is 0 Å². The molecular formula is C17H22N2O. The van der Waals surface area contributed by atoms with Crippen molar-refractivity contribution in [3.05, 3.63) is 59.9 Å². The highest BCUT2D eigenvalue weighted by Crippen LogP contribution is 2.29. The maximum absolute atomic E-state index is 5.88. The van der Waals surface area contributed by atoms with E-state index in [0.717, 1.165) is 25.3 Å². The Kier molecular flexibility index (Phi) is 5.56. The van der Waals surface area contributed by atoms with E-state index >= 15 is 0 Å². The minimum absolute atomic E-state index is 0.135. The summed E-state index contributed by atoms with van der Waals surface area (Å²) in [4.78, 5) is 4.09. The standard InChI is InChI=1S/C17H22N2O/c1-3-13-20-16-8-6-5-7-15(16)17(19-4-2)14-9-11-18-12-10-14/h5-12,17,19H,3-4,13H2,1-2H3. The molecule has 3 nitrogen and oxygen atoms in total. The van der Waals surface area contributed by atoms with Gasteiger partial charge in [0.05, 0.1) is 12.6 Å². The molecule has 0 spiro atoms. The molecule has 2 aromatic rings. The first-order valence-electron chi connectivity index (χ1n) is 7.21. The van der Waals surface area contributed by atoms with Crippen molar-refractivity contribution >= 4 is 0 Å². The van der Waals surface area contributed by atoms with Crippen LogP contribution in [-0.4, -0.2) is 18.1 Å². The van der Waals surface area contributed by atoms with Crippen molar-refractivity contribution in [1.82, 2.24) is 10.3 Å². The van der Waals surface area contributed by atoms with Crippen molar-refractivity contribution in [2.24, 2.45) is 0 Å². The fourth-order valence-electron chi connectivity index (χ4n) is 2.23. The van der Waals surface area contributed by atoms with Gasteiger partial charge in [0.2, 0.25) is 0 Å². The van der Waals surface area contributed by atoms with Crippen LogP contribution in [0.25, 0.3) is 0 Å². The zero-order chi connectivity index (χ0) is 14.2. The molecule has 106 valence electrons. The van der Waals surface area contributed by atoms with Gasteiger partial charge in [0.15, 0.2) is 0 Å². The van der Waals surface area contributed by atoms with Crippen molar-refractivity contribution < 1.29 is 4.74 Å². The smallest absolute Gasteiger partial charge is 0.124 e. The fraction of sp³-hybridized carbons (Fsp3) is 0.353. The van der Waals surface area contributed by atoms with Gasteiger partial charge in [-0.05, 0) is 36.7 Å². The zero-order valence-electron chi connectivity index (χ0n) is 12.2. The highest BCUT2D eigenvalue weighted by atomic mass is 16.5. The average molecular weight is 270 g/mol. The summed E-state index contributed by atoms with van der Waals surface area (Å²) >= 11 is 0. The number of benzene rings is 1. The number of para-hydroxylation sites is 1. The van der Waals surface area contributed by atoms with E-state index in [-0.39, 0.29) is 6.04 Å². The number of aromatic nitrogens is 1. The van der Waals surface area contributed by atoms with Gasteiger partial charge in [-0.15, -0.1) is 0 Å². The molecule has 3 heteroatoms. The Morgan fingerprint density at radius 3 is 2.55 bits per heavy atom. The summed E-state index contributed by atoms with van der Waals surface area (Å²) in [6.45, 7) is 5.87. The summed E-state index contributed by atoms with van der Waals surface area (Å²) in [6, 6.07) is 12.5. The third-order valence-electron chi connectivity index (χ3n) is 3.14. The molecule has 2 rings (SSSR count). The Bertz CT molecular complexity index is 513. The van der Waals surface area contributed by atoms with Gasteiger partial charge < -0.3 is 10.1 Å². The van der Waals surface area contributed by atoms with Crippen LogP contribution in [0.15, 0.2) is 48.8 Å². The van der Waals surface area contributed by atoms with E-state index in [0.29, 0.717) is 0 Å². The van der Waals surface area contributed by atoms with E-state index in [1.165, 1.54) is 11.1 Å². The Hall–Kier alpha value is -1.87. The lowest BCUT2D eigenvalue weighted by Crippen LogP contribution is -2.22. The molecule has 20 heavy (non-hydrogen) atoms. The van der Waals surface area contributed by atoms with E-state index in [2.05, 4.69) is 36.3 Å². The number of rotatable bonds is 7. The van der Waals surface area contributed by atoms with E-state index in [9.17, 15) is 0 Å². The number of pyridine rings is 1. The lowest BCUT2D eigenvalue weighted by Gasteiger charge is -2.21. The minimum Gasteiger partial charge on any atom is -0.493 e. The molecule has 0 saturated heterocycles. The molecule has 0 aliphatic carbocycles. The molecule has 1 heterocycles. The molecule has 1 aromatic carbocycles. The monoisotopic (exact) mass is 270 g/mol. The van der Waals surface area contributed by atoms with Gasteiger partial charge in [0.1, 0.15) is 5.75 Å². The van der Waals surface area contributed by atoms with Crippen LogP contribution in [-0.2, 0) is 0 Å². The van der Waals surface area contributed by atoms with E-state index in [4.69, 9.17) is 4.74 Å². The number of ether oxygens (including phenoxy) is 1. The van der Waals surface area contributed by atoms with Gasteiger partial charge in [-0.1, -0.05) is 32.0 Å². The number of nitrogens with zero attached hydrogens (tertiary/aromatic N) is 1. The largest absolute Gasteiger partial charge is 0.493 e. The fourth-order valence-corrected chi connectivity index (χ4v) is 2.23. The summed E-state index contributed by atoms with van der Waals surface area (Å²) in [7, 11) is 0. The second kappa shape index (κ2) is 7.65. The Morgan fingerprint density at radius 1 is 1.10 bits per heavy atom. The second-order valence-corrected chi connectivity index (χ2v) is 4.66. The first-order valence-corrected chi connectivity index (χ1v) is 7.21. The SMILES string of the molecule is CCCOc1ccccc1C(NCC)c1ccncc1. The summed E-state index contributed by atoms with van der Waals surface area (Å²) in [5.41, 5.74) is 2.38. The number of hydrogen-bond acceptors (Lipinski definition) is 3. The molecule has 0 radical (unpaired) electrons. The van der Waals surface area contributed by atoms with Crippen LogP contribution in [0, 0.1) is 0 Å². The van der Waals surface area contributed by atoms with Gasteiger partial charge in [0, 0.05) is 18.0 Å². The second-order valence-electron chi connectivity index (χ2n) is 4.66. The van der Waals surface area contributed by atoms with Crippen molar-refractivity contribution in [2.75, 3.05) is 13.2 Å². The zero-order valence-corrected chi connectivity index (χ0v) is 12.2. The Labute approximate surface area is 121 Å². The van der Waals surface area contributed by atoms with E-state index in [1.807, 2.05) is 36.7 Å². The summed E-state index contributed by atoms with van der Waals surface area (Å²) < 4.78 is 5.88. The molecule has 0 amide bonds. The Balaban J connectivity index is 2.34. The quantitative estimate of drug-likeness (QED) is 0.835. The van der Waals surface area contributed by atoms with Crippen molar-refractivity contribution in [2.45, 2.75) is 26.3 Å². The summed E-state index contributed by atoms with van der Waals surface area (Å²) in [5, 5.41) is 3.52. The summed E-state index contributed by atoms with van der Waals surface area (Å²) in [5.74, 6) is 0.956. The van der Waals surface area contributed by atoms with Crippen molar-refractivity contribution in [1.29, 1.82) is 0 Å². The molecule has 0 aliphatic heterocycles. The van der Waals surface area contributed by atoms with Crippen LogP contribution < -0.4 is 10.1 Å². The predicted molar refractivity (Wildman–Crippen MR) is 82.0 cm³/mol. The molecule has 0 bridgehead atoms. The first kappa shape index (κ1) is 14.5. The summed E-state index contributed by atoms with van der Waals surface area (Å²) in [6.07, 6.45) is 4.67. The topological polar surface area (TPSA) is 34.1 Å². The molecule has 1 unspecified atom stereocenters. The molecule has 1 aromatic heterocycles. The first-order chi connectivity index (χ1) is 9.86. The molecule has 0 saturated carbocycles. The number of hydrogen-bond donors (Lipinski definition) is 1. The lowest BCUT2D eigenvalue weighted by atomic mass is 9.98. The van der Waals surface area contributed by atoms with E-state index in [1.54, 1.807) is 0 Å². The normalized spacial score (nSPS) is 12.1. The Morgan fingerprint density at radius 2 is 1.85 bits per heavy atom. The van der Waals surface area contributed by atoms with Crippen LogP contribution >= 0.6 is 0 Å². The predicted octanol–water partition coefficient (Wildman–Crippen LogP) is 3.57. The van der Waals surface area contributed by atoms with Crippen LogP contribution in [0.1, 0.15) is 37.4 Å². The van der Waals surface area contributed by atoms with Gasteiger partial charge in [-0.2, -0.15) is 0 Å². The lowest BCUT2D eigenvalue weighted by molar-refractivity contribution is 0.312. The molecule has 0 aliphatic rings. The molecule has 0 fully saturated rings. The molecular weight excluding hydrogens is 248 g/mol. The van der Waals surface area contributed by atoms with Gasteiger partial charge >= 0.3 is 0 Å².